The summed E-state index contributed by atoms with van der Waals surface area (Å²) in [6, 6.07) is 0. The molecule has 0 aromatic carbocycles. The average Bonchev–Trinajstić information content (AvgIpc) is 1.41. The summed E-state index contributed by atoms with van der Waals surface area (Å²) in [6.07, 6.45) is 2.04. The molecule has 0 spiro atoms. The molecule has 0 fully saturated rings. The number of halogens is 1. The molecule has 0 aliphatic rings. The zero-order valence-electron chi connectivity index (χ0n) is 6.68. The van der Waals surface area contributed by atoms with Crippen LogP contribution in [0.15, 0.2) is 0 Å². The van der Waals surface area contributed by atoms with E-state index in [1.165, 1.54) is 0 Å². The molecule has 0 aromatic rings. The first-order valence-corrected chi connectivity index (χ1v) is 2.02. The van der Waals surface area contributed by atoms with Crippen molar-refractivity contribution in [2.45, 2.75) is 19.8 Å². The van der Waals surface area contributed by atoms with Gasteiger partial charge in [0.05, 0.1) is 0 Å². The topological polar surface area (TPSA) is 20.2 Å². The minimum atomic E-state index is 0. The Bertz CT molecular complexity index is 26.0. The third-order valence-electron chi connectivity index (χ3n) is 0.512. The van der Waals surface area contributed by atoms with E-state index in [-0.39, 0.29) is 38.3 Å². The predicted octanol–water partition coefficient (Wildman–Crippen LogP) is 1.04. The molecule has 0 amide bonds. The van der Waals surface area contributed by atoms with Gasteiger partial charge in [0, 0.05) is 6.61 Å². The maximum Gasteiger partial charge on any atom is 2.00 e. The molecule has 0 saturated carbocycles. The van der Waals surface area contributed by atoms with Crippen molar-refractivity contribution in [2.75, 3.05) is 6.61 Å². The van der Waals surface area contributed by atoms with Gasteiger partial charge in [-0.2, -0.15) is 0 Å². The molecule has 0 radical (unpaired) electrons. The first-order chi connectivity index (χ1) is 2.41. The van der Waals surface area contributed by atoms with E-state index in [0.717, 1.165) is 12.8 Å². The quantitative estimate of drug-likeness (QED) is 0.563. The van der Waals surface area contributed by atoms with Crippen molar-refractivity contribution in [1.82, 2.24) is 0 Å². The zero-order valence-corrected chi connectivity index (χ0v) is 6.91. The Balaban J connectivity index is -0.0000000133. The molecule has 0 unspecified atom stereocenters. The van der Waals surface area contributed by atoms with Crippen LogP contribution < -0.4 is 0 Å². The van der Waals surface area contributed by atoms with Crippen molar-refractivity contribution in [1.29, 1.82) is 0 Å². The van der Waals surface area contributed by atoms with E-state index in [1.807, 2.05) is 0 Å². The average molecular weight is 137 g/mol. The Morgan fingerprint density at radius 2 is 2.00 bits per heavy atom. The predicted molar refractivity (Wildman–Crippen MR) is 37.2 cm³/mol. The van der Waals surface area contributed by atoms with Crippen LogP contribution in [-0.4, -0.2) is 34.8 Å². The molecule has 1 nitrogen and oxygen atoms in total. The van der Waals surface area contributed by atoms with Gasteiger partial charge in [-0.15, -0.1) is 12.4 Å². The van der Waals surface area contributed by atoms with E-state index in [1.54, 1.807) is 0 Å². The summed E-state index contributed by atoms with van der Waals surface area (Å²) in [5, 5.41) is 8.07. The Hall–Kier alpha value is 1.02. The fourth-order valence-electron chi connectivity index (χ4n) is 0.158. The molecule has 0 rings (SSSR count). The van der Waals surface area contributed by atoms with E-state index < -0.39 is 0 Å². The van der Waals surface area contributed by atoms with Crippen LogP contribution in [0.1, 0.15) is 22.6 Å². The van der Waals surface area contributed by atoms with Crippen molar-refractivity contribution < 1.29 is 7.96 Å². The molecule has 0 aromatic heterocycles. The summed E-state index contributed by atoms with van der Waals surface area (Å²) in [5.41, 5.74) is 0. The molecule has 0 bridgehead atoms. The van der Waals surface area contributed by atoms with Gasteiger partial charge in [0.25, 0.3) is 0 Å². The Morgan fingerprint density at radius 3 is 2.00 bits per heavy atom. The van der Waals surface area contributed by atoms with Gasteiger partial charge < -0.3 is 7.96 Å². The van der Waals surface area contributed by atoms with Gasteiger partial charge in [-0.25, -0.2) is 0 Å². The van der Waals surface area contributed by atoms with Crippen molar-refractivity contribution in [3.05, 3.63) is 0 Å². The summed E-state index contributed by atoms with van der Waals surface area (Å²) in [5.74, 6) is 0. The van der Waals surface area contributed by atoms with Crippen molar-refractivity contribution in [2.24, 2.45) is 0 Å². The standard InChI is InChI=1S/C4H10O.ClH.Mg.2H/c1-2-3-4-5;;;;/h5H,2-4H2,1H3;1H;;;/q;;+2;2*-1. The Labute approximate surface area is 70.0 Å². The van der Waals surface area contributed by atoms with Crippen molar-refractivity contribution in [3.63, 3.8) is 0 Å². The second kappa shape index (κ2) is 15.7. The molecule has 7 heavy (non-hydrogen) atoms. The SMILES string of the molecule is CCCCO.Cl.[H-].[H-].[Mg+2]. The van der Waals surface area contributed by atoms with Crippen LogP contribution in [0.5, 0.6) is 0 Å². The van der Waals surface area contributed by atoms with Gasteiger partial charge in [-0.05, 0) is 6.42 Å². The monoisotopic (exact) mass is 136 g/mol. The molecule has 0 atom stereocenters. The van der Waals surface area contributed by atoms with E-state index in [0.29, 0.717) is 6.61 Å². The van der Waals surface area contributed by atoms with Gasteiger partial charge in [-0.1, -0.05) is 13.3 Å². The minimum absolute atomic E-state index is 0. The smallest absolute Gasteiger partial charge is 1.00 e. The second-order valence-corrected chi connectivity index (χ2v) is 1.08. The molecular weight excluding hydrogens is 124 g/mol. The van der Waals surface area contributed by atoms with Gasteiger partial charge in [0.15, 0.2) is 0 Å². The zero-order chi connectivity index (χ0) is 4.12. The number of aliphatic hydroxyl groups excluding tert-OH is 1. The summed E-state index contributed by atoms with van der Waals surface area (Å²) >= 11 is 0. The van der Waals surface area contributed by atoms with Crippen molar-refractivity contribution in [3.8, 4) is 0 Å². The van der Waals surface area contributed by atoms with Gasteiger partial charge >= 0.3 is 23.1 Å². The second-order valence-electron chi connectivity index (χ2n) is 1.08. The molecule has 1 N–H and O–H groups in total. The Kier molecular flexibility index (Phi) is 35.3. The number of unbranched alkanes of at least 4 members (excludes halogenated alkanes) is 1. The normalized spacial score (nSPS) is 6.00. The van der Waals surface area contributed by atoms with Crippen LogP contribution in [0.2, 0.25) is 0 Å². The maximum absolute atomic E-state index is 8.07. The fourth-order valence-corrected chi connectivity index (χ4v) is 0.158. The number of hydrogen-bond donors (Lipinski definition) is 1. The van der Waals surface area contributed by atoms with E-state index in [4.69, 9.17) is 5.11 Å². The number of rotatable bonds is 2. The Morgan fingerprint density at radius 1 is 1.57 bits per heavy atom. The van der Waals surface area contributed by atoms with E-state index in [2.05, 4.69) is 6.92 Å². The molecule has 0 heterocycles. The van der Waals surface area contributed by atoms with Crippen LogP contribution in [0, 0.1) is 0 Å². The molecule has 44 valence electrons. The van der Waals surface area contributed by atoms with Crippen LogP contribution in [0.4, 0.5) is 0 Å². The van der Waals surface area contributed by atoms with E-state index >= 15 is 0 Å². The number of aliphatic hydroxyl groups is 1. The largest absolute Gasteiger partial charge is 2.00 e. The van der Waals surface area contributed by atoms with Gasteiger partial charge in [0.1, 0.15) is 0 Å². The van der Waals surface area contributed by atoms with Crippen LogP contribution in [0.3, 0.4) is 0 Å². The molecule has 0 aliphatic carbocycles. The fraction of sp³-hybridized carbons (Fsp3) is 1.00. The van der Waals surface area contributed by atoms with Gasteiger partial charge in [0.2, 0.25) is 0 Å². The summed E-state index contributed by atoms with van der Waals surface area (Å²) in [7, 11) is 0. The molecule has 0 aliphatic heterocycles. The third-order valence-corrected chi connectivity index (χ3v) is 0.512. The summed E-state index contributed by atoms with van der Waals surface area (Å²) in [4.78, 5) is 0. The van der Waals surface area contributed by atoms with Gasteiger partial charge in [-0.3, -0.25) is 0 Å². The third kappa shape index (κ3) is 19.4. The van der Waals surface area contributed by atoms with E-state index in [9.17, 15) is 0 Å². The van der Waals surface area contributed by atoms with Crippen LogP contribution in [0.25, 0.3) is 0 Å². The van der Waals surface area contributed by atoms with Crippen molar-refractivity contribution >= 4 is 35.5 Å². The van der Waals surface area contributed by atoms with Crippen LogP contribution in [-0.2, 0) is 0 Å². The first kappa shape index (κ1) is 15.7. The summed E-state index contributed by atoms with van der Waals surface area (Å²) < 4.78 is 0. The maximum atomic E-state index is 8.07. The van der Waals surface area contributed by atoms with Crippen LogP contribution >= 0.6 is 12.4 Å². The molecule has 3 heteroatoms. The number of hydrogen-bond acceptors (Lipinski definition) is 1. The molecule has 0 saturated heterocycles. The summed E-state index contributed by atoms with van der Waals surface area (Å²) in [6.45, 7) is 2.40. The first-order valence-electron chi connectivity index (χ1n) is 2.02. The molecular formula is C4H13ClMgO. The minimum Gasteiger partial charge on any atom is -1.00 e.